The summed E-state index contributed by atoms with van der Waals surface area (Å²) in [7, 11) is 0. The lowest BCUT2D eigenvalue weighted by molar-refractivity contribution is -0.157. The van der Waals surface area contributed by atoms with Gasteiger partial charge in [-0.05, 0) is 25.2 Å². The van der Waals surface area contributed by atoms with Crippen molar-refractivity contribution >= 4 is 11.9 Å². The fourth-order valence-electron chi connectivity index (χ4n) is 2.82. The van der Waals surface area contributed by atoms with E-state index in [1.165, 1.54) is 0 Å². The molecule has 1 aliphatic rings. The Morgan fingerprint density at radius 1 is 1.28 bits per heavy atom. The molecule has 1 amide bonds. The molecule has 0 radical (unpaired) electrons. The Hall–Kier alpha value is -1.06. The van der Waals surface area contributed by atoms with Gasteiger partial charge in [0.15, 0.2) is 0 Å². The standard InChI is InChI=1S/C14H25NO3/c1-5-15(10-8-6-7-9-10)12(16)11(13(17)18)14(2,3)4/h10-11H,5-9H2,1-4H3,(H,17,18). The van der Waals surface area contributed by atoms with Crippen molar-refractivity contribution in [1.29, 1.82) is 0 Å². The Labute approximate surface area is 109 Å². The van der Waals surface area contributed by atoms with Crippen LogP contribution in [0.5, 0.6) is 0 Å². The number of rotatable bonds is 4. The van der Waals surface area contributed by atoms with Crippen molar-refractivity contribution in [3.05, 3.63) is 0 Å². The molecule has 4 heteroatoms. The van der Waals surface area contributed by atoms with Crippen LogP contribution in [0.15, 0.2) is 0 Å². The van der Waals surface area contributed by atoms with E-state index in [2.05, 4.69) is 0 Å². The number of carbonyl (C=O) groups is 2. The number of amides is 1. The van der Waals surface area contributed by atoms with Gasteiger partial charge in [-0.15, -0.1) is 0 Å². The maximum absolute atomic E-state index is 12.5. The molecule has 0 heterocycles. The van der Waals surface area contributed by atoms with Crippen molar-refractivity contribution in [2.75, 3.05) is 6.54 Å². The highest BCUT2D eigenvalue weighted by atomic mass is 16.4. The molecule has 0 spiro atoms. The van der Waals surface area contributed by atoms with Crippen molar-refractivity contribution in [1.82, 2.24) is 4.90 Å². The molecule has 0 saturated heterocycles. The fraction of sp³-hybridized carbons (Fsp3) is 0.857. The van der Waals surface area contributed by atoms with Gasteiger partial charge < -0.3 is 10.0 Å². The molecule has 1 saturated carbocycles. The SMILES string of the molecule is CCN(C(=O)C(C(=O)O)C(C)(C)C)C1CCCC1. The molecule has 1 aliphatic carbocycles. The summed E-state index contributed by atoms with van der Waals surface area (Å²) in [6, 6.07) is 0.242. The van der Waals surface area contributed by atoms with Crippen LogP contribution in [-0.2, 0) is 9.59 Å². The van der Waals surface area contributed by atoms with Crippen LogP contribution in [0.1, 0.15) is 53.4 Å². The van der Waals surface area contributed by atoms with E-state index >= 15 is 0 Å². The number of nitrogens with zero attached hydrogens (tertiary/aromatic N) is 1. The predicted molar refractivity (Wildman–Crippen MR) is 70.2 cm³/mol. The van der Waals surface area contributed by atoms with Crippen molar-refractivity contribution < 1.29 is 14.7 Å². The van der Waals surface area contributed by atoms with Crippen molar-refractivity contribution in [3.63, 3.8) is 0 Å². The van der Waals surface area contributed by atoms with Gasteiger partial charge in [0.2, 0.25) is 5.91 Å². The van der Waals surface area contributed by atoms with Gasteiger partial charge in [-0.3, -0.25) is 9.59 Å². The monoisotopic (exact) mass is 255 g/mol. The summed E-state index contributed by atoms with van der Waals surface area (Å²) in [5.41, 5.74) is -0.547. The van der Waals surface area contributed by atoms with Crippen molar-refractivity contribution in [2.45, 2.75) is 59.4 Å². The zero-order valence-corrected chi connectivity index (χ0v) is 11.9. The summed E-state index contributed by atoms with van der Waals surface area (Å²) in [4.78, 5) is 25.6. The third-order valence-electron chi connectivity index (χ3n) is 3.75. The minimum atomic E-state index is -1.01. The Kier molecular flexibility index (Phi) is 4.77. The van der Waals surface area contributed by atoms with Gasteiger partial charge in [0, 0.05) is 12.6 Å². The second-order valence-electron chi connectivity index (χ2n) is 6.20. The average Bonchev–Trinajstić information content (AvgIpc) is 2.68. The zero-order valence-electron chi connectivity index (χ0n) is 11.9. The van der Waals surface area contributed by atoms with E-state index in [0.717, 1.165) is 25.7 Å². The normalized spacial score (nSPS) is 18.7. The molecule has 4 nitrogen and oxygen atoms in total. The van der Waals surface area contributed by atoms with Crippen LogP contribution < -0.4 is 0 Å². The lowest BCUT2D eigenvalue weighted by Gasteiger charge is -2.34. The first-order valence-corrected chi connectivity index (χ1v) is 6.82. The topological polar surface area (TPSA) is 57.6 Å². The molecule has 1 unspecified atom stereocenters. The summed E-state index contributed by atoms with van der Waals surface area (Å²) < 4.78 is 0. The van der Waals surface area contributed by atoms with Crippen LogP contribution in [0.3, 0.4) is 0 Å². The fourth-order valence-corrected chi connectivity index (χ4v) is 2.82. The van der Waals surface area contributed by atoms with Crippen molar-refractivity contribution in [3.8, 4) is 0 Å². The quantitative estimate of drug-likeness (QED) is 0.785. The van der Waals surface area contributed by atoms with E-state index in [1.807, 2.05) is 27.7 Å². The number of carbonyl (C=O) groups excluding carboxylic acids is 1. The molecule has 18 heavy (non-hydrogen) atoms. The second kappa shape index (κ2) is 5.72. The third kappa shape index (κ3) is 3.24. The number of aliphatic carboxylic acids is 1. The van der Waals surface area contributed by atoms with Crippen LogP contribution in [0.25, 0.3) is 0 Å². The van der Waals surface area contributed by atoms with Crippen LogP contribution in [0, 0.1) is 11.3 Å². The van der Waals surface area contributed by atoms with E-state index in [1.54, 1.807) is 4.90 Å². The second-order valence-corrected chi connectivity index (χ2v) is 6.20. The Balaban J connectivity index is 2.89. The van der Waals surface area contributed by atoms with Gasteiger partial charge in [0.05, 0.1) is 0 Å². The lowest BCUT2D eigenvalue weighted by atomic mass is 9.79. The first-order chi connectivity index (χ1) is 8.29. The Morgan fingerprint density at radius 3 is 2.11 bits per heavy atom. The van der Waals surface area contributed by atoms with Gasteiger partial charge in [-0.25, -0.2) is 0 Å². The summed E-state index contributed by atoms with van der Waals surface area (Å²) in [6.45, 7) is 7.96. The molecule has 1 atom stereocenters. The average molecular weight is 255 g/mol. The first-order valence-electron chi connectivity index (χ1n) is 6.82. The Bertz CT molecular complexity index is 313. The maximum Gasteiger partial charge on any atom is 0.316 e. The lowest BCUT2D eigenvalue weighted by Crippen LogP contribution is -2.48. The first kappa shape index (κ1) is 15.0. The molecule has 1 N–H and O–H groups in total. The van der Waals surface area contributed by atoms with Gasteiger partial charge in [0.1, 0.15) is 5.92 Å². The minimum Gasteiger partial charge on any atom is -0.481 e. The zero-order chi connectivity index (χ0) is 13.9. The van der Waals surface area contributed by atoms with Gasteiger partial charge in [-0.1, -0.05) is 33.6 Å². The highest BCUT2D eigenvalue weighted by Crippen LogP contribution is 2.31. The number of carboxylic acids is 1. The highest BCUT2D eigenvalue weighted by molar-refractivity contribution is 5.97. The van der Waals surface area contributed by atoms with Gasteiger partial charge in [0.25, 0.3) is 0 Å². The molecule has 1 fully saturated rings. The molecule has 1 rings (SSSR count). The maximum atomic E-state index is 12.5. The van der Waals surface area contributed by atoms with E-state index in [9.17, 15) is 14.7 Å². The van der Waals surface area contributed by atoms with Crippen LogP contribution in [0.4, 0.5) is 0 Å². The largest absolute Gasteiger partial charge is 0.481 e. The van der Waals surface area contributed by atoms with Gasteiger partial charge in [-0.2, -0.15) is 0 Å². The number of hydrogen-bond acceptors (Lipinski definition) is 2. The number of carboxylic acid groups (broad SMARTS) is 1. The molecule has 0 aromatic carbocycles. The molecule has 0 aromatic heterocycles. The molecule has 104 valence electrons. The highest BCUT2D eigenvalue weighted by Gasteiger charge is 2.41. The third-order valence-corrected chi connectivity index (χ3v) is 3.75. The Morgan fingerprint density at radius 2 is 1.78 bits per heavy atom. The molecular formula is C14H25NO3. The van der Waals surface area contributed by atoms with Crippen LogP contribution in [-0.4, -0.2) is 34.5 Å². The van der Waals surface area contributed by atoms with E-state index < -0.39 is 17.3 Å². The minimum absolute atomic E-state index is 0.218. The predicted octanol–water partition coefficient (Wildman–Crippen LogP) is 2.52. The van der Waals surface area contributed by atoms with Crippen LogP contribution in [0.2, 0.25) is 0 Å². The summed E-state index contributed by atoms with van der Waals surface area (Å²) >= 11 is 0. The smallest absolute Gasteiger partial charge is 0.316 e. The van der Waals surface area contributed by atoms with E-state index in [4.69, 9.17) is 0 Å². The summed E-state index contributed by atoms with van der Waals surface area (Å²) in [6.07, 6.45) is 4.30. The van der Waals surface area contributed by atoms with Gasteiger partial charge >= 0.3 is 5.97 Å². The summed E-state index contributed by atoms with van der Waals surface area (Å²) in [5.74, 6) is -2.17. The van der Waals surface area contributed by atoms with Crippen LogP contribution >= 0.6 is 0 Å². The molecular weight excluding hydrogens is 230 g/mol. The van der Waals surface area contributed by atoms with E-state index in [-0.39, 0.29) is 11.9 Å². The van der Waals surface area contributed by atoms with Crippen molar-refractivity contribution in [2.24, 2.45) is 11.3 Å². The molecule has 0 aromatic rings. The molecule has 0 aliphatic heterocycles. The molecule has 0 bridgehead atoms. The number of hydrogen-bond donors (Lipinski definition) is 1. The van der Waals surface area contributed by atoms with E-state index in [0.29, 0.717) is 6.54 Å². The summed E-state index contributed by atoms with van der Waals surface area (Å²) in [5, 5.41) is 9.32.